The SMILES string of the molecule is N#Cc1c(-n2c3ccccc3c3ccccc32)c(-n2c3ccccc3c3ccccc32)cc2c1oc1c(-c3nc(-c4ccccc4)nc(-c4ccccc4)n3)cccc12. The highest BCUT2D eigenvalue weighted by Crippen LogP contribution is 2.45. The number of rotatable bonds is 5. The van der Waals surface area contributed by atoms with Crippen LogP contribution in [0.2, 0.25) is 0 Å². The van der Waals surface area contributed by atoms with Crippen LogP contribution in [-0.2, 0) is 0 Å². The first-order chi connectivity index (χ1) is 29.2. The molecule has 0 unspecified atom stereocenters. The first-order valence-corrected chi connectivity index (χ1v) is 19.5. The van der Waals surface area contributed by atoms with E-state index >= 15 is 0 Å². The molecule has 0 saturated heterocycles. The van der Waals surface area contributed by atoms with Gasteiger partial charge in [0.05, 0.1) is 39.0 Å². The zero-order valence-corrected chi connectivity index (χ0v) is 31.4. The van der Waals surface area contributed by atoms with Crippen molar-refractivity contribution < 1.29 is 4.42 Å². The molecule has 12 rings (SSSR count). The highest BCUT2D eigenvalue weighted by atomic mass is 16.3. The van der Waals surface area contributed by atoms with Gasteiger partial charge in [0.1, 0.15) is 17.2 Å². The Kier molecular flexibility index (Phi) is 7.16. The lowest BCUT2D eigenvalue weighted by Gasteiger charge is -2.18. The van der Waals surface area contributed by atoms with E-state index in [1.807, 2.05) is 72.8 Å². The topological polar surface area (TPSA) is 85.5 Å². The molecule has 0 aliphatic rings. The minimum Gasteiger partial charge on any atom is -0.454 e. The summed E-state index contributed by atoms with van der Waals surface area (Å²) in [7, 11) is 0. The Morgan fingerprint density at radius 1 is 0.407 bits per heavy atom. The molecule has 0 saturated carbocycles. The fourth-order valence-electron chi connectivity index (χ4n) is 8.86. The Morgan fingerprint density at radius 3 is 1.36 bits per heavy atom. The summed E-state index contributed by atoms with van der Waals surface area (Å²) in [6, 6.07) is 64.5. The fraction of sp³-hybridized carbons (Fsp3) is 0. The molecule has 0 N–H and O–H groups in total. The van der Waals surface area contributed by atoms with Gasteiger partial charge in [0.25, 0.3) is 0 Å². The molecule has 0 spiro atoms. The van der Waals surface area contributed by atoms with Gasteiger partial charge in [-0.15, -0.1) is 0 Å². The zero-order valence-electron chi connectivity index (χ0n) is 31.4. The van der Waals surface area contributed by atoms with E-state index in [0.717, 1.165) is 76.9 Å². The van der Waals surface area contributed by atoms with Crippen molar-refractivity contribution in [2.24, 2.45) is 0 Å². The van der Waals surface area contributed by atoms with E-state index in [2.05, 4.69) is 124 Å². The van der Waals surface area contributed by atoms with Crippen molar-refractivity contribution in [1.29, 1.82) is 5.26 Å². The van der Waals surface area contributed by atoms with Gasteiger partial charge in [0, 0.05) is 43.4 Å². The van der Waals surface area contributed by atoms with Crippen LogP contribution >= 0.6 is 0 Å². The van der Waals surface area contributed by atoms with E-state index in [1.54, 1.807) is 0 Å². The van der Waals surface area contributed by atoms with Crippen LogP contribution in [0.4, 0.5) is 0 Å². The molecule has 7 heteroatoms. The summed E-state index contributed by atoms with van der Waals surface area (Å²) in [6.45, 7) is 0. The van der Waals surface area contributed by atoms with Gasteiger partial charge in [-0.05, 0) is 36.4 Å². The molecule has 7 nitrogen and oxygen atoms in total. The van der Waals surface area contributed by atoms with E-state index in [0.29, 0.717) is 39.8 Å². The second-order valence-corrected chi connectivity index (χ2v) is 14.7. The molecule has 0 bridgehead atoms. The highest BCUT2D eigenvalue weighted by molar-refractivity contribution is 6.16. The van der Waals surface area contributed by atoms with Gasteiger partial charge in [0.15, 0.2) is 23.1 Å². The molecular formula is C52H30N6O. The monoisotopic (exact) mass is 754 g/mol. The van der Waals surface area contributed by atoms with Gasteiger partial charge < -0.3 is 13.6 Å². The van der Waals surface area contributed by atoms with Crippen LogP contribution in [0, 0.1) is 11.3 Å². The minimum atomic E-state index is 0.429. The summed E-state index contributed by atoms with van der Waals surface area (Å²) in [6.07, 6.45) is 0. The van der Waals surface area contributed by atoms with E-state index in [4.69, 9.17) is 19.4 Å². The van der Waals surface area contributed by atoms with Crippen LogP contribution in [0.1, 0.15) is 5.56 Å². The van der Waals surface area contributed by atoms with E-state index in [1.165, 1.54) is 0 Å². The van der Waals surface area contributed by atoms with Gasteiger partial charge in [-0.3, -0.25) is 0 Å². The maximum atomic E-state index is 11.5. The van der Waals surface area contributed by atoms with Crippen LogP contribution in [0.3, 0.4) is 0 Å². The molecule has 4 heterocycles. The second-order valence-electron chi connectivity index (χ2n) is 14.7. The Morgan fingerprint density at radius 2 is 0.847 bits per heavy atom. The van der Waals surface area contributed by atoms with Crippen molar-refractivity contribution in [3.8, 4) is 51.6 Å². The summed E-state index contributed by atoms with van der Waals surface area (Å²) in [5, 5.41) is 17.6. The van der Waals surface area contributed by atoms with Crippen molar-refractivity contribution in [2.45, 2.75) is 0 Å². The smallest absolute Gasteiger partial charge is 0.167 e. The average Bonchev–Trinajstić information content (AvgIpc) is 3.96. The van der Waals surface area contributed by atoms with Crippen molar-refractivity contribution in [2.75, 3.05) is 0 Å². The number of fused-ring (bicyclic) bond motifs is 9. The zero-order chi connectivity index (χ0) is 39.0. The quantitative estimate of drug-likeness (QED) is 0.175. The third kappa shape index (κ3) is 4.90. The molecule has 0 atom stereocenters. The van der Waals surface area contributed by atoms with E-state index in [-0.39, 0.29) is 0 Å². The predicted octanol–water partition coefficient (Wildman–Crippen LogP) is 12.8. The number of nitrogens with zero attached hydrogens (tertiary/aromatic N) is 6. The Balaban J connectivity index is 1.22. The molecule has 0 fully saturated rings. The van der Waals surface area contributed by atoms with Gasteiger partial charge in [-0.1, -0.05) is 146 Å². The lowest BCUT2D eigenvalue weighted by atomic mass is 10.0. The third-order valence-corrected chi connectivity index (χ3v) is 11.4. The summed E-state index contributed by atoms with van der Waals surface area (Å²) in [4.78, 5) is 15.0. The normalized spacial score (nSPS) is 11.7. The second kappa shape index (κ2) is 12.8. The first kappa shape index (κ1) is 32.9. The molecular weight excluding hydrogens is 725 g/mol. The van der Waals surface area contributed by atoms with Crippen LogP contribution in [0.5, 0.6) is 0 Å². The van der Waals surface area contributed by atoms with Crippen molar-refractivity contribution in [3.63, 3.8) is 0 Å². The number of para-hydroxylation sites is 5. The third-order valence-electron chi connectivity index (χ3n) is 11.4. The molecule has 0 amide bonds. The molecule has 12 aromatic rings. The number of hydrogen-bond donors (Lipinski definition) is 0. The number of aromatic nitrogens is 5. The fourth-order valence-corrected chi connectivity index (χ4v) is 8.86. The number of hydrogen-bond acceptors (Lipinski definition) is 5. The van der Waals surface area contributed by atoms with Crippen LogP contribution in [0.15, 0.2) is 186 Å². The van der Waals surface area contributed by atoms with Crippen LogP contribution in [0.25, 0.3) is 111 Å². The summed E-state index contributed by atoms with van der Waals surface area (Å²) < 4.78 is 11.6. The maximum Gasteiger partial charge on any atom is 0.167 e. The first-order valence-electron chi connectivity index (χ1n) is 19.5. The van der Waals surface area contributed by atoms with Gasteiger partial charge in [-0.2, -0.15) is 5.26 Å². The highest BCUT2D eigenvalue weighted by Gasteiger charge is 2.27. The minimum absolute atomic E-state index is 0.429. The molecule has 274 valence electrons. The van der Waals surface area contributed by atoms with Crippen molar-refractivity contribution in [3.05, 3.63) is 188 Å². The van der Waals surface area contributed by atoms with Gasteiger partial charge in [-0.25, -0.2) is 15.0 Å². The molecule has 4 aromatic heterocycles. The number of furan rings is 1. The van der Waals surface area contributed by atoms with Crippen molar-refractivity contribution in [1.82, 2.24) is 24.1 Å². The molecule has 59 heavy (non-hydrogen) atoms. The Hall–Kier alpha value is -8.34. The average molecular weight is 755 g/mol. The van der Waals surface area contributed by atoms with Crippen LogP contribution in [-0.4, -0.2) is 24.1 Å². The Bertz CT molecular complexity index is 3520. The maximum absolute atomic E-state index is 11.5. The van der Waals surface area contributed by atoms with Crippen molar-refractivity contribution >= 4 is 65.6 Å². The number of nitriles is 1. The largest absolute Gasteiger partial charge is 0.454 e. The lowest BCUT2D eigenvalue weighted by molar-refractivity contribution is 0.667. The summed E-state index contributed by atoms with van der Waals surface area (Å²) >= 11 is 0. The lowest BCUT2D eigenvalue weighted by Crippen LogP contribution is -2.06. The standard InChI is InChI=1S/C52H30N6O/c53-31-41-47(58-44-28-13-9-22-36(44)37-23-10-14-29-45(37)58)46(57-42-26-11-7-20-34(42)35-21-8-12-27-43(35)57)30-40-38-24-15-25-39(48(38)59-49(40)41)52-55-50(32-16-3-1-4-17-32)54-51(56-52)33-18-5-2-6-19-33/h1-30H. The number of benzene rings is 8. The van der Waals surface area contributed by atoms with Crippen LogP contribution < -0.4 is 0 Å². The van der Waals surface area contributed by atoms with E-state index in [9.17, 15) is 5.26 Å². The molecule has 0 radical (unpaired) electrons. The molecule has 0 aliphatic carbocycles. The predicted molar refractivity (Wildman–Crippen MR) is 237 cm³/mol. The molecule has 8 aromatic carbocycles. The van der Waals surface area contributed by atoms with Gasteiger partial charge in [0.2, 0.25) is 0 Å². The summed E-state index contributed by atoms with van der Waals surface area (Å²) in [5.41, 5.74) is 9.66. The van der Waals surface area contributed by atoms with Gasteiger partial charge >= 0.3 is 0 Å². The summed E-state index contributed by atoms with van der Waals surface area (Å²) in [5.74, 6) is 1.59. The van der Waals surface area contributed by atoms with E-state index < -0.39 is 0 Å². The Labute approximate surface area is 337 Å². The molecule has 0 aliphatic heterocycles.